The molecular formula is C10H14N2O3. The molecule has 2 rings (SSSR count). The molecule has 0 aliphatic carbocycles. The Morgan fingerprint density at radius 1 is 1.40 bits per heavy atom. The van der Waals surface area contributed by atoms with Crippen LogP contribution in [-0.4, -0.2) is 48.8 Å². The monoisotopic (exact) mass is 210 g/mol. The molecule has 0 unspecified atom stereocenters. The van der Waals surface area contributed by atoms with E-state index >= 15 is 0 Å². The number of ether oxygens (including phenoxy) is 1. The number of dihydropyridines is 1. The minimum atomic E-state index is -0.861. The largest absolute Gasteiger partial charge is 0.478 e. The zero-order valence-corrected chi connectivity index (χ0v) is 8.40. The number of carboxylic acid groups (broad SMARTS) is 1. The Morgan fingerprint density at radius 3 is 2.67 bits per heavy atom. The van der Waals surface area contributed by atoms with Gasteiger partial charge in [-0.3, -0.25) is 0 Å². The number of carbonyl (C=O) groups is 1. The highest BCUT2D eigenvalue weighted by Crippen LogP contribution is 2.10. The van der Waals surface area contributed by atoms with Crippen LogP contribution >= 0.6 is 0 Å². The molecule has 2 aliphatic heterocycles. The van der Waals surface area contributed by atoms with Gasteiger partial charge in [-0.2, -0.15) is 0 Å². The first kappa shape index (κ1) is 10.0. The number of nitrogens with one attached hydrogen (secondary N) is 1. The van der Waals surface area contributed by atoms with Crippen LogP contribution in [0.1, 0.15) is 0 Å². The molecule has 0 aromatic heterocycles. The Bertz CT molecular complexity index is 317. The summed E-state index contributed by atoms with van der Waals surface area (Å²) in [7, 11) is 0. The fourth-order valence-electron chi connectivity index (χ4n) is 1.65. The lowest BCUT2D eigenvalue weighted by atomic mass is 10.2. The van der Waals surface area contributed by atoms with Crippen LogP contribution in [-0.2, 0) is 9.53 Å². The first-order chi connectivity index (χ1) is 7.27. The molecular weight excluding hydrogens is 196 g/mol. The van der Waals surface area contributed by atoms with Gasteiger partial charge in [-0.1, -0.05) is 0 Å². The fourth-order valence-corrected chi connectivity index (χ4v) is 1.65. The van der Waals surface area contributed by atoms with E-state index in [1.807, 2.05) is 6.08 Å². The Balaban J connectivity index is 2.02. The van der Waals surface area contributed by atoms with Gasteiger partial charge in [0.05, 0.1) is 18.8 Å². The second-order valence-electron chi connectivity index (χ2n) is 3.50. The van der Waals surface area contributed by atoms with Gasteiger partial charge in [0.25, 0.3) is 0 Å². The molecule has 1 fully saturated rings. The molecule has 82 valence electrons. The van der Waals surface area contributed by atoms with Gasteiger partial charge in [0, 0.05) is 19.6 Å². The summed E-state index contributed by atoms with van der Waals surface area (Å²) < 4.78 is 5.24. The standard InChI is InChI=1S/C10H14N2O3/c13-10(14)8-1-2-9(11-7-8)12-3-5-15-6-4-12/h1-2,11H,3-7H2,(H,13,14). The Kier molecular flexibility index (Phi) is 2.91. The third kappa shape index (κ3) is 2.30. The van der Waals surface area contributed by atoms with Gasteiger partial charge in [-0.25, -0.2) is 4.79 Å². The van der Waals surface area contributed by atoms with E-state index in [-0.39, 0.29) is 0 Å². The highest BCUT2D eigenvalue weighted by Gasteiger charge is 2.17. The highest BCUT2D eigenvalue weighted by atomic mass is 16.5. The minimum absolute atomic E-state index is 0.387. The normalized spacial score (nSPS) is 21.5. The Hall–Kier alpha value is -1.49. The number of rotatable bonds is 2. The van der Waals surface area contributed by atoms with Crippen molar-refractivity contribution < 1.29 is 14.6 Å². The first-order valence-corrected chi connectivity index (χ1v) is 4.98. The van der Waals surface area contributed by atoms with Gasteiger partial charge in [-0.05, 0) is 12.2 Å². The molecule has 0 spiro atoms. The third-order valence-electron chi connectivity index (χ3n) is 2.53. The molecule has 1 saturated heterocycles. The number of carboxylic acids is 1. The van der Waals surface area contributed by atoms with Crippen molar-refractivity contribution in [1.29, 1.82) is 0 Å². The maximum absolute atomic E-state index is 10.7. The summed E-state index contributed by atoms with van der Waals surface area (Å²) in [6.45, 7) is 3.56. The molecule has 2 aliphatic rings. The van der Waals surface area contributed by atoms with E-state index < -0.39 is 5.97 Å². The lowest BCUT2D eigenvalue weighted by Gasteiger charge is -2.32. The summed E-state index contributed by atoms with van der Waals surface area (Å²) in [6, 6.07) is 0. The number of hydrogen-bond donors (Lipinski definition) is 2. The van der Waals surface area contributed by atoms with Crippen molar-refractivity contribution in [3.05, 3.63) is 23.5 Å². The molecule has 5 nitrogen and oxygen atoms in total. The molecule has 2 N–H and O–H groups in total. The molecule has 2 heterocycles. The molecule has 0 radical (unpaired) electrons. The quantitative estimate of drug-likeness (QED) is 0.659. The van der Waals surface area contributed by atoms with Gasteiger partial charge < -0.3 is 20.1 Å². The summed E-state index contributed by atoms with van der Waals surface area (Å²) in [5, 5.41) is 11.9. The lowest BCUT2D eigenvalue weighted by Crippen LogP contribution is -2.41. The van der Waals surface area contributed by atoms with Gasteiger partial charge in [-0.15, -0.1) is 0 Å². The van der Waals surface area contributed by atoms with Crippen molar-refractivity contribution in [2.75, 3.05) is 32.8 Å². The van der Waals surface area contributed by atoms with Crippen LogP contribution in [0.5, 0.6) is 0 Å². The van der Waals surface area contributed by atoms with Gasteiger partial charge in [0.1, 0.15) is 5.82 Å². The number of hydrogen-bond acceptors (Lipinski definition) is 4. The van der Waals surface area contributed by atoms with Gasteiger partial charge >= 0.3 is 5.97 Å². The van der Waals surface area contributed by atoms with Crippen LogP contribution < -0.4 is 5.32 Å². The van der Waals surface area contributed by atoms with Crippen molar-refractivity contribution in [1.82, 2.24) is 10.2 Å². The summed E-state index contributed by atoms with van der Waals surface area (Å²) in [4.78, 5) is 12.8. The number of allylic oxidation sites excluding steroid dienone is 2. The molecule has 15 heavy (non-hydrogen) atoms. The van der Waals surface area contributed by atoms with E-state index in [4.69, 9.17) is 9.84 Å². The van der Waals surface area contributed by atoms with E-state index in [1.54, 1.807) is 6.08 Å². The zero-order chi connectivity index (χ0) is 10.7. The van der Waals surface area contributed by atoms with Gasteiger partial charge in [0.2, 0.25) is 0 Å². The van der Waals surface area contributed by atoms with Crippen molar-refractivity contribution >= 4 is 5.97 Å². The maximum Gasteiger partial charge on any atom is 0.333 e. The zero-order valence-electron chi connectivity index (χ0n) is 8.40. The summed E-state index contributed by atoms with van der Waals surface area (Å²) in [6.07, 6.45) is 3.47. The second-order valence-corrected chi connectivity index (χ2v) is 3.50. The van der Waals surface area contributed by atoms with Crippen LogP contribution in [0.4, 0.5) is 0 Å². The number of aliphatic carboxylic acids is 1. The fraction of sp³-hybridized carbons (Fsp3) is 0.500. The number of nitrogens with zero attached hydrogens (tertiary/aromatic N) is 1. The highest BCUT2D eigenvalue weighted by molar-refractivity contribution is 5.87. The topological polar surface area (TPSA) is 61.8 Å². The van der Waals surface area contributed by atoms with Crippen LogP contribution in [0.2, 0.25) is 0 Å². The van der Waals surface area contributed by atoms with Crippen LogP contribution in [0, 0.1) is 0 Å². The molecule has 0 bridgehead atoms. The molecule has 0 saturated carbocycles. The van der Waals surface area contributed by atoms with Gasteiger partial charge in [0.15, 0.2) is 0 Å². The molecule has 0 aromatic rings. The summed E-state index contributed by atoms with van der Waals surface area (Å²) in [5.74, 6) is 0.128. The smallest absolute Gasteiger partial charge is 0.333 e. The van der Waals surface area contributed by atoms with Crippen LogP contribution in [0.25, 0.3) is 0 Å². The predicted molar refractivity (Wildman–Crippen MR) is 54.2 cm³/mol. The van der Waals surface area contributed by atoms with E-state index in [0.717, 1.165) is 32.1 Å². The number of morpholine rings is 1. The van der Waals surface area contributed by atoms with E-state index in [0.29, 0.717) is 12.1 Å². The van der Waals surface area contributed by atoms with Crippen molar-refractivity contribution in [3.8, 4) is 0 Å². The third-order valence-corrected chi connectivity index (χ3v) is 2.53. The van der Waals surface area contributed by atoms with Crippen LogP contribution in [0.15, 0.2) is 23.5 Å². The minimum Gasteiger partial charge on any atom is -0.478 e. The van der Waals surface area contributed by atoms with E-state index in [2.05, 4.69) is 10.2 Å². The molecule has 5 heteroatoms. The molecule has 0 amide bonds. The predicted octanol–water partition coefficient (Wildman–Crippen LogP) is -0.226. The van der Waals surface area contributed by atoms with Crippen molar-refractivity contribution in [2.45, 2.75) is 0 Å². The van der Waals surface area contributed by atoms with Crippen molar-refractivity contribution in [2.24, 2.45) is 0 Å². The van der Waals surface area contributed by atoms with E-state index in [9.17, 15) is 4.79 Å². The average molecular weight is 210 g/mol. The average Bonchev–Trinajstić information content (AvgIpc) is 2.30. The van der Waals surface area contributed by atoms with Crippen molar-refractivity contribution in [3.63, 3.8) is 0 Å². The second kappa shape index (κ2) is 4.35. The Labute approximate surface area is 88.0 Å². The molecule has 0 atom stereocenters. The first-order valence-electron chi connectivity index (χ1n) is 4.98. The summed E-state index contributed by atoms with van der Waals surface area (Å²) >= 11 is 0. The van der Waals surface area contributed by atoms with E-state index in [1.165, 1.54) is 0 Å². The van der Waals surface area contributed by atoms with Crippen LogP contribution in [0.3, 0.4) is 0 Å². The SMILES string of the molecule is O=C(O)C1=CC=C(N2CCOCC2)NC1. The lowest BCUT2D eigenvalue weighted by molar-refractivity contribution is -0.132. The Morgan fingerprint density at radius 2 is 2.13 bits per heavy atom. The molecule has 0 aromatic carbocycles. The summed E-state index contributed by atoms with van der Waals surface area (Å²) in [5.41, 5.74) is 0.395. The maximum atomic E-state index is 10.7.